The Morgan fingerprint density at radius 2 is 0.910 bits per heavy atom. The first-order chi connectivity index (χ1) is 32.5. The first kappa shape index (κ1) is 65.7. The lowest BCUT2D eigenvalue weighted by atomic mass is 10.0. The smallest absolute Gasteiger partial charge is 0.268 e. The predicted molar refractivity (Wildman–Crippen MR) is 288 cm³/mol. The van der Waals surface area contributed by atoms with Gasteiger partial charge in [-0.2, -0.15) is 0 Å². The molecular weight excluding hydrogens is 852 g/mol. The summed E-state index contributed by atoms with van der Waals surface area (Å²) in [5, 5.41) is 14.0. The Kier molecular flexibility index (Phi) is 48.7. The van der Waals surface area contributed by atoms with Gasteiger partial charge in [-0.05, 0) is 44.9 Å². The van der Waals surface area contributed by atoms with E-state index in [4.69, 9.17) is 9.05 Å². The van der Waals surface area contributed by atoms with Crippen molar-refractivity contribution in [3.63, 3.8) is 0 Å². The van der Waals surface area contributed by atoms with Crippen LogP contribution >= 0.6 is 7.82 Å². The lowest BCUT2D eigenvalue weighted by Crippen LogP contribution is -2.46. The number of phosphoric acid groups is 1. The van der Waals surface area contributed by atoms with E-state index < -0.39 is 20.0 Å². The van der Waals surface area contributed by atoms with Crippen LogP contribution in [0.25, 0.3) is 0 Å². The number of aliphatic hydroxyl groups is 1. The number of aliphatic hydroxyl groups excluding tert-OH is 1. The number of hydrogen-bond donors (Lipinski definition) is 2. The van der Waals surface area contributed by atoms with E-state index in [9.17, 15) is 19.4 Å². The van der Waals surface area contributed by atoms with Gasteiger partial charge in [0.05, 0.1) is 39.9 Å². The van der Waals surface area contributed by atoms with Gasteiger partial charge in [-0.15, -0.1) is 0 Å². The number of quaternary nitrogens is 1. The first-order valence-corrected chi connectivity index (χ1v) is 30.3. The van der Waals surface area contributed by atoms with Crippen LogP contribution in [0.15, 0.2) is 36.5 Å². The van der Waals surface area contributed by atoms with Gasteiger partial charge in [-0.3, -0.25) is 9.36 Å². The van der Waals surface area contributed by atoms with Crippen molar-refractivity contribution in [3.05, 3.63) is 36.5 Å². The highest BCUT2D eigenvalue weighted by molar-refractivity contribution is 7.45. The third-order valence-electron chi connectivity index (χ3n) is 13.1. The summed E-state index contributed by atoms with van der Waals surface area (Å²) in [6.07, 6.45) is 63.5. The van der Waals surface area contributed by atoms with E-state index in [0.717, 1.165) is 64.2 Å². The molecule has 0 heterocycles. The molecule has 0 fully saturated rings. The van der Waals surface area contributed by atoms with Crippen molar-refractivity contribution in [2.45, 2.75) is 289 Å². The van der Waals surface area contributed by atoms with E-state index in [1.807, 2.05) is 21.1 Å². The summed E-state index contributed by atoms with van der Waals surface area (Å²) >= 11 is 0. The second-order valence-corrected chi connectivity index (χ2v) is 22.4. The fourth-order valence-electron chi connectivity index (χ4n) is 8.65. The van der Waals surface area contributed by atoms with Crippen LogP contribution in [0.1, 0.15) is 277 Å². The second kappa shape index (κ2) is 49.7. The Labute approximate surface area is 417 Å². The van der Waals surface area contributed by atoms with E-state index in [1.165, 1.54) is 186 Å². The lowest BCUT2D eigenvalue weighted by Gasteiger charge is -2.30. The number of likely N-dealkylation sites (N-methyl/N-ethyl adjacent to an activating group) is 1. The van der Waals surface area contributed by atoms with Crippen molar-refractivity contribution in [1.82, 2.24) is 5.32 Å². The fourth-order valence-corrected chi connectivity index (χ4v) is 9.37. The summed E-state index contributed by atoms with van der Waals surface area (Å²) in [7, 11) is 1.29. The molecule has 0 aliphatic carbocycles. The summed E-state index contributed by atoms with van der Waals surface area (Å²) in [5.74, 6) is -0.192. The summed E-state index contributed by atoms with van der Waals surface area (Å²) in [6.45, 7) is 4.60. The van der Waals surface area contributed by atoms with Crippen molar-refractivity contribution in [2.24, 2.45) is 0 Å². The van der Waals surface area contributed by atoms with Crippen molar-refractivity contribution in [3.8, 4) is 0 Å². The van der Waals surface area contributed by atoms with Crippen LogP contribution < -0.4 is 10.2 Å². The van der Waals surface area contributed by atoms with Gasteiger partial charge in [0.2, 0.25) is 5.91 Å². The molecule has 3 unspecified atom stereocenters. The van der Waals surface area contributed by atoms with Gasteiger partial charge in [0.25, 0.3) is 7.82 Å². The quantitative estimate of drug-likeness (QED) is 0.0272. The van der Waals surface area contributed by atoms with Crippen molar-refractivity contribution < 1.29 is 32.9 Å². The largest absolute Gasteiger partial charge is 0.756 e. The van der Waals surface area contributed by atoms with Gasteiger partial charge in [-0.1, -0.05) is 262 Å². The molecule has 0 rings (SSSR count). The van der Waals surface area contributed by atoms with E-state index in [-0.39, 0.29) is 19.1 Å². The van der Waals surface area contributed by atoms with Crippen molar-refractivity contribution in [1.29, 1.82) is 0 Å². The molecule has 0 aliphatic heterocycles. The number of hydrogen-bond acceptors (Lipinski definition) is 6. The van der Waals surface area contributed by atoms with E-state index in [0.29, 0.717) is 23.9 Å². The SMILES string of the molecule is CC/C=C\C/C=C\C/C=C\CCCCCC(=O)NC(COP(=O)([O-])OCC[N+](C)(C)C)C(O)CCCCCCCCCCCCCCCCCCCCCCCCCCCCCCCCCC. The minimum atomic E-state index is -4.58. The van der Waals surface area contributed by atoms with Gasteiger partial charge < -0.3 is 28.8 Å². The van der Waals surface area contributed by atoms with Crippen molar-refractivity contribution >= 4 is 13.7 Å². The molecule has 0 spiro atoms. The number of rotatable bonds is 53. The third-order valence-corrected chi connectivity index (χ3v) is 14.1. The molecule has 1 amide bonds. The molecule has 0 aromatic heterocycles. The molecule has 0 saturated heterocycles. The zero-order chi connectivity index (χ0) is 49.2. The zero-order valence-corrected chi connectivity index (χ0v) is 46.0. The number of nitrogens with zero attached hydrogens (tertiary/aromatic N) is 1. The molecule has 0 aliphatic rings. The summed E-state index contributed by atoms with van der Waals surface area (Å²) < 4.78 is 23.3. The van der Waals surface area contributed by atoms with Crippen LogP contribution in [0.2, 0.25) is 0 Å². The number of carbonyl (C=O) groups excluding carboxylic acids is 1. The summed E-state index contributed by atoms with van der Waals surface area (Å²) in [5.41, 5.74) is 0. The molecule has 0 aromatic rings. The molecule has 3 atom stereocenters. The van der Waals surface area contributed by atoms with E-state index in [2.05, 4.69) is 55.6 Å². The average Bonchev–Trinajstić information content (AvgIpc) is 3.29. The highest BCUT2D eigenvalue weighted by Crippen LogP contribution is 2.38. The molecule has 8 nitrogen and oxygen atoms in total. The fraction of sp³-hybridized carbons (Fsp3) is 0.879. The number of carbonyl (C=O) groups is 1. The molecule has 0 bridgehead atoms. The molecule has 67 heavy (non-hydrogen) atoms. The first-order valence-electron chi connectivity index (χ1n) is 28.8. The Morgan fingerprint density at radius 1 is 0.537 bits per heavy atom. The van der Waals surface area contributed by atoms with Crippen LogP contribution in [0.4, 0.5) is 0 Å². The second-order valence-electron chi connectivity index (χ2n) is 21.0. The van der Waals surface area contributed by atoms with Crippen molar-refractivity contribution in [2.75, 3.05) is 40.9 Å². The Bertz CT molecular complexity index is 1190. The van der Waals surface area contributed by atoms with Gasteiger partial charge in [-0.25, -0.2) is 0 Å². The van der Waals surface area contributed by atoms with Gasteiger partial charge in [0.15, 0.2) is 0 Å². The normalized spacial score (nSPS) is 14.2. The number of unbranched alkanes of at least 4 members (excludes halogenated alkanes) is 34. The minimum absolute atomic E-state index is 0.00604. The monoisotopic (exact) mass is 965 g/mol. The maximum absolute atomic E-state index is 12.9. The third kappa shape index (κ3) is 52.4. The number of nitrogens with one attached hydrogen (secondary N) is 1. The highest BCUT2D eigenvalue weighted by Gasteiger charge is 2.24. The summed E-state index contributed by atoms with van der Waals surface area (Å²) in [6, 6.07) is -0.816. The minimum Gasteiger partial charge on any atom is -0.756 e. The number of amides is 1. The molecule has 0 aromatic carbocycles. The standard InChI is InChI=1S/C58H113N2O6P/c1-6-8-10-12-14-16-18-20-21-22-23-24-25-26-27-28-29-30-31-32-33-34-35-36-37-38-40-41-43-45-47-49-51-57(61)56(55-66-67(63,64)65-54-53-60(3,4)5)59-58(62)52-50-48-46-44-42-39-19-17-15-13-11-9-7-2/h9,11,15,17,39,42,56-57,61H,6-8,10,12-14,16,18-38,40-41,43-55H2,1-5H3,(H-,59,62,63,64)/b11-9-,17-15-,42-39-. The topological polar surface area (TPSA) is 108 Å². The maximum atomic E-state index is 12.9. The van der Waals surface area contributed by atoms with Gasteiger partial charge in [0, 0.05) is 6.42 Å². The van der Waals surface area contributed by atoms with E-state index in [1.54, 1.807) is 0 Å². The van der Waals surface area contributed by atoms with Gasteiger partial charge in [0.1, 0.15) is 13.2 Å². The van der Waals surface area contributed by atoms with E-state index >= 15 is 0 Å². The molecule has 0 saturated carbocycles. The Morgan fingerprint density at radius 3 is 1.31 bits per heavy atom. The number of allylic oxidation sites excluding steroid dienone is 6. The van der Waals surface area contributed by atoms with Gasteiger partial charge >= 0.3 is 0 Å². The molecule has 9 heteroatoms. The lowest BCUT2D eigenvalue weighted by molar-refractivity contribution is -0.870. The molecule has 396 valence electrons. The van der Waals surface area contributed by atoms with Crippen LogP contribution in [0.5, 0.6) is 0 Å². The van der Waals surface area contributed by atoms with Crippen LogP contribution in [0, 0.1) is 0 Å². The van der Waals surface area contributed by atoms with Crippen LogP contribution in [-0.2, 0) is 18.4 Å². The molecule has 0 radical (unpaired) electrons. The zero-order valence-electron chi connectivity index (χ0n) is 45.1. The molecular formula is C58H113N2O6P. The number of phosphoric ester groups is 1. The Hall–Kier alpha value is -1.28. The molecule has 2 N–H and O–H groups in total. The Balaban J connectivity index is 4.00. The predicted octanol–water partition coefficient (Wildman–Crippen LogP) is 16.7. The van der Waals surface area contributed by atoms with Crippen LogP contribution in [0.3, 0.4) is 0 Å². The highest BCUT2D eigenvalue weighted by atomic mass is 31.2. The summed E-state index contributed by atoms with van der Waals surface area (Å²) in [4.78, 5) is 25.4. The average molecular weight is 966 g/mol. The maximum Gasteiger partial charge on any atom is 0.268 e. The van der Waals surface area contributed by atoms with Crippen LogP contribution in [-0.4, -0.2) is 68.5 Å².